The Morgan fingerprint density at radius 1 is 1.62 bits per heavy atom. The molecule has 5 heteroatoms. The first kappa shape index (κ1) is 12.8. The molecule has 0 aromatic carbocycles. The van der Waals surface area contributed by atoms with Gasteiger partial charge in [0.1, 0.15) is 18.0 Å². The summed E-state index contributed by atoms with van der Waals surface area (Å²) >= 11 is 0. The average molecular weight is 228 g/mol. The van der Waals surface area contributed by atoms with Crippen molar-refractivity contribution in [1.29, 1.82) is 0 Å². The van der Waals surface area contributed by atoms with Gasteiger partial charge in [0.05, 0.1) is 13.1 Å². The maximum absolute atomic E-state index is 11.7. The molecule has 1 aliphatic heterocycles. The van der Waals surface area contributed by atoms with Crippen molar-refractivity contribution in [1.82, 2.24) is 10.2 Å². The lowest BCUT2D eigenvalue weighted by molar-refractivity contribution is 0.0243. The highest BCUT2D eigenvalue weighted by atomic mass is 16.6. The zero-order chi connectivity index (χ0) is 12.2. The predicted molar refractivity (Wildman–Crippen MR) is 60.9 cm³/mol. The second kappa shape index (κ2) is 5.21. The number of carbonyl (C=O) groups is 1. The number of carbonyl (C=O) groups excluding carboxylic acids is 1. The van der Waals surface area contributed by atoms with Crippen LogP contribution in [0.25, 0.3) is 0 Å². The lowest BCUT2D eigenvalue weighted by Crippen LogP contribution is -2.38. The number of likely N-dealkylation sites (N-methyl/N-ethyl adjacent to an activating group) is 1. The van der Waals surface area contributed by atoms with Crippen LogP contribution in [0.3, 0.4) is 0 Å². The molecule has 0 spiro atoms. The minimum absolute atomic E-state index is 0.329. The summed E-state index contributed by atoms with van der Waals surface area (Å²) in [7, 11) is 1.83. The fraction of sp³-hybridized carbons (Fsp3) is 0.727. The van der Waals surface area contributed by atoms with E-state index >= 15 is 0 Å². The number of hydrogen-bond acceptors (Lipinski definition) is 4. The normalized spacial score (nSPS) is 16.5. The van der Waals surface area contributed by atoms with E-state index in [4.69, 9.17) is 9.47 Å². The minimum Gasteiger partial charge on any atom is -0.493 e. The maximum atomic E-state index is 11.7. The van der Waals surface area contributed by atoms with E-state index in [1.165, 1.54) is 0 Å². The third-order valence-electron chi connectivity index (χ3n) is 1.90. The molecule has 1 aliphatic rings. The molecule has 5 nitrogen and oxygen atoms in total. The van der Waals surface area contributed by atoms with E-state index in [2.05, 4.69) is 5.32 Å². The largest absolute Gasteiger partial charge is 0.493 e. The number of amides is 1. The van der Waals surface area contributed by atoms with Gasteiger partial charge < -0.3 is 14.8 Å². The van der Waals surface area contributed by atoms with Gasteiger partial charge in [0.25, 0.3) is 0 Å². The van der Waals surface area contributed by atoms with Gasteiger partial charge in [-0.3, -0.25) is 4.90 Å². The molecule has 1 heterocycles. The zero-order valence-corrected chi connectivity index (χ0v) is 10.4. The lowest BCUT2D eigenvalue weighted by Gasteiger charge is -2.28. The van der Waals surface area contributed by atoms with Gasteiger partial charge in [-0.05, 0) is 27.8 Å². The molecule has 0 aromatic rings. The highest BCUT2D eigenvalue weighted by molar-refractivity contribution is 5.69. The van der Waals surface area contributed by atoms with Crippen molar-refractivity contribution in [3.05, 3.63) is 12.0 Å². The van der Waals surface area contributed by atoms with Gasteiger partial charge in [-0.2, -0.15) is 0 Å². The predicted octanol–water partition coefficient (Wildman–Crippen LogP) is 1.31. The Kier molecular flexibility index (Phi) is 4.18. The molecule has 0 unspecified atom stereocenters. The highest BCUT2D eigenvalue weighted by Crippen LogP contribution is 2.13. The molecule has 0 fully saturated rings. The summed E-state index contributed by atoms with van der Waals surface area (Å²) in [5, 5.41) is 2.97. The zero-order valence-electron chi connectivity index (χ0n) is 10.4. The Morgan fingerprint density at radius 2 is 2.31 bits per heavy atom. The molecule has 0 bridgehead atoms. The van der Waals surface area contributed by atoms with Gasteiger partial charge in [0, 0.05) is 6.20 Å². The second-order valence-corrected chi connectivity index (χ2v) is 4.65. The topological polar surface area (TPSA) is 50.8 Å². The van der Waals surface area contributed by atoms with E-state index in [9.17, 15) is 4.79 Å². The van der Waals surface area contributed by atoms with Gasteiger partial charge >= 0.3 is 6.09 Å². The van der Waals surface area contributed by atoms with Gasteiger partial charge in [0.15, 0.2) is 0 Å². The van der Waals surface area contributed by atoms with Gasteiger partial charge in [-0.1, -0.05) is 0 Å². The number of nitrogens with zero attached hydrogens (tertiary/aromatic N) is 1. The van der Waals surface area contributed by atoms with Crippen molar-refractivity contribution in [2.75, 3.05) is 26.7 Å². The van der Waals surface area contributed by atoms with Crippen LogP contribution >= 0.6 is 0 Å². The van der Waals surface area contributed by atoms with Crippen molar-refractivity contribution in [3.63, 3.8) is 0 Å². The highest BCUT2D eigenvalue weighted by Gasteiger charge is 2.23. The van der Waals surface area contributed by atoms with E-state index < -0.39 is 5.60 Å². The summed E-state index contributed by atoms with van der Waals surface area (Å²) in [6.45, 7) is 7.20. The Bertz CT molecular complexity index is 281. The summed E-state index contributed by atoms with van der Waals surface area (Å²) in [6, 6.07) is 0. The first-order valence-corrected chi connectivity index (χ1v) is 5.40. The van der Waals surface area contributed by atoms with Crippen LogP contribution in [0.5, 0.6) is 0 Å². The van der Waals surface area contributed by atoms with E-state index in [0.717, 1.165) is 5.76 Å². The third-order valence-corrected chi connectivity index (χ3v) is 1.90. The van der Waals surface area contributed by atoms with Crippen molar-refractivity contribution in [3.8, 4) is 0 Å². The van der Waals surface area contributed by atoms with Crippen LogP contribution < -0.4 is 5.32 Å². The van der Waals surface area contributed by atoms with Crippen LogP contribution in [-0.4, -0.2) is 43.3 Å². The van der Waals surface area contributed by atoms with E-state index in [1.807, 2.05) is 27.8 Å². The third kappa shape index (κ3) is 4.10. The van der Waals surface area contributed by atoms with E-state index in [-0.39, 0.29) is 6.09 Å². The van der Waals surface area contributed by atoms with Crippen molar-refractivity contribution in [2.24, 2.45) is 0 Å². The van der Waals surface area contributed by atoms with Crippen LogP contribution in [0.1, 0.15) is 20.8 Å². The van der Waals surface area contributed by atoms with Crippen LogP contribution in [0.2, 0.25) is 0 Å². The number of rotatable bonds is 2. The van der Waals surface area contributed by atoms with Crippen LogP contribution in [0.4, 0.5) is 4.79 Å². The van der Waals surface area contributed by atoms with E-state index in [0.29, 0.717) is 19.7 Å². The second-order valence-electron chi connectivity index (χ2n) is 4.65. The number of nitrogens with one attached hydrogen (secondary N) is 1. The Labute approximate surface area is 96.4 Å². The first-order chi connectivity index (χ1) is 7.42. The molecule has 0 saturated heterocycles. The molecule has 0 atom stereocenters. The SMILES string of the molecule is CNCC1=CN(C(=O)OC(C)(C)C)CCO1. The quantitative estimate of drug-likeness (QED) is 0.774. The molecule has 0 aromatic heterocycles. The van der Waals surface area contributed by atoms with Gasteiger partial charge in [-0.25, -0.2) is 4.79 Å². The molecule has 16 heavy (non-hydrogen) atoms. The standard InChI is InChI=1S/C11H20N2O3/c1-11(2,3)16-10(14)13-5-6-15-9(8-13)7-12-4/h8,12H,5-7H2,1-4H3. The Hall–Kier alpha value is -1.23. The van der Waals surface area contributed by atoms with Gasteiger partial charge in [-0.15, -0.1) is 0 Å². The molecule has 0 aliphatic carbocycles. The molecule has 0 saturated carbocycles. The molecular formula is C11H20N2O3. The smallest absolute Gasteiger partial charge is 0.414 e. The van der Waals surface area contributed by atoms with Crippen LogP contribution in [-0.2, 0) is 9.47 Å². The fourth-order valence-electron chi connectivity index (χ4n) is 1.29. The van der Waals surface area contributed by atoms with Crippen LogP contribution in [0, 0.1) is 0 Å². The van der Waals surface area contributed by atoms with Crippen molar-refractivity contribution >= 4 is 6.09 Å². The first-order valence-electron chi connectivity index (χ1n) is 5.40. The molecule has 1 rings (SSSR count). The summed E-state index contributed by atoms with van der Waals surface area (Å²) < 4.78 is 10.6. The lowest BCUT2D eigenvalue weighted by atomic mass is 10.2. The average Bonchev–Trinajstić information content (AvgIpc) is 2.16. The Morgan fingerprint density at radius 3 is 2.88 bits per heavy atom. The van der Waals surface area contributed by atoms with Crippen molar-refractivity contribution < 1.29 is 14.3 Å². The summed E-state index contributed by atoms with van der Waals surface area (Å²) in [5.41, 5.74) is -0.466. The molecule has 0 radical (unpaired) electrons. The molecular weight excluding hydrogens is 208 g/mol. The fourth-order valence-corrected chi connectivity index (χ4v) is 1.29. The number of hydrogen-bond donors (Lipinski definition) is 1. The van der Waals surface area contributed by atoms with Crippen LogP contribution in [0.15, 0.2) is 12.0 Å². The summed E-state index contributed by atoms with van der Waals surface area (Å²) in [5.74, 6) is 0.750. The summed E-state index contributed by atoms with van der Waals surface area (Å²) in [6.07, 6.45) is 1.36. The minimum atomic E-state index is -0.466. The van der Waals surface area contributed by atoms with E-state index in [1.54, 1.807) is 11.1 Å². The molecule has 1 amide bonds. The van der Waals surface area contributed by atoms with Crippen molar-refractivity contribution in [2.45, 2.75) is 26.4 Å². The monoisotopic (exact) mass is 228 g/mol. The summed E-state index contributed by atoms with van der Waals surface area (Å²) in [4.78, 5) is 13.3. The maximum Gasteiger partial charge on any atom is 0.414 e. The molecule has 92 valence electrons. The van der Waals surface area contributed by atoms with Gasteiger partial charge in [0.2, 0.25) is 0 Å². The number of ether oxygens (including phenoxy) is 2. The molecule has 1 N–H and O–H groups in total. The Balaban J connectivity index is 2.59.